The van der Waals surface area contributed by atoms with Gasteiger partial charge in [-0.05, 0) is 30.4 Å². The van der Waals surface area contributed by atoms with Gasteiger partial charge in [-0.2, -0.15) is 0 Å². The molecule has 0 N–H and O–H groups in total. The second kappa shape index (κ2) is 6.42. The minimum absolute atomic E-state index is 1.09. The number of hydrogen-bond donors (Lipinski definition) is 0. The second-order valence-corrected chi connectivity index (χ2v) is 3.60. The van der Waals surface area contributed by atoms with Gasteiger partial charge in [0.05, 0.1) is 0 Å². The molecule has 0 bridgehead atoms. The van der Waals surface area contributed by atoms with E-state index in [9.17, 15) is 0 Å². The van der Waals surface area contributed by atoms with Crippen LogP contribution < -0.4 is 0 Å². The zero-order valence-corrected chi connectivity index (χ0v) is 9.29. The van der Waals surface area contributed by atoms with Crippen molar-refractivity contribution in [3.05, 3.63) is 47.5 Å². The van der Waals surface area contributed by atoms with E-state index in [4.69, 9.17) is 0 Å². The molecule has 1 rings (SSSR count). The summed E-state index contributed by atoms with van der Waals surface area (Å²) in [6.07, 6.45) is 9.17. The second-order valence-electron chi connectivity index (χ2n) is 3.60. The van der Waals surface area contributed by atoms with E-state index >= 15 is 0 Å². The number of allylic oxidation sites excluding steroid dienone is 2. The molecular weight excluding hydrogens is 168 g/mol. The van der Waals surface area contributed by atoms with Crippen LogP contribution in [0.4, 0.5) is 0 Å². The van der Waals surface area contributed by atoms with Crippen LogP contribution in [0.5, 0.6) is 0 Å². The topological polar surface area (TPSA) is 0 Å². The van der Waals surface area contributed by atoms with Crippen LogP contribution >= 0.6 is 0 Å². The smallest absolute Gasteiger partial charge is 0.00947 e. The lowest BCUT2D eigenvalue weighted by Crippen LogP contribution is -1.91. The summed E-state index contributed by atoms with van der Waals surface area (Å²) in [6, 6.07) is 8.76. The third-order valence-electron chi connectivity index (χ3n) is 2.38. The van der Waals surface area contributed by atoms with Crippen LogP contribution in [0.3, 0.4) is 0 Å². The molecule has 0 nitrogen and oxygen atoms in total. The molecule has 0 aliphatic carbocycles. The van der Waals surface area contributed by atoms with Crippen molar-refractivity contribution in [1.82, 2.24) is 0 Å². The molecule has 0 atom stereocenters. The normalized spacial score (nSPS) is 11.0. The van der Waals surface area contributed by atoms with Crippen molar-refractivity contribution in [2.24, 2.45) is 0 Å². The number of hydrogen-bond acceptors (Lipinski definition) is 0. The molecule has 14 heavy (non-hydrogen) atoms. The fourth-order valence-electron chi connectivity index (χ4n) is 1.65. The zero-order chi connectivity index (χ0) is 10.2. The summed E-state index contributed by atoms with van der Waals surface area (Å²) < 4.78 is 0. The Balaban J connectivity index is 2.68. The van der Waals surface area contributed by atoms with Gasteiger partial charge in [-0.25, -0.2) is 0 Å². The lowest BCUT2D eigenvalue weighted by atomic mass is 10.0. The highest BCUT2D eigenvalue weighted by atomic mass is 14.0. The van der Waals surface area contributed by atoms with Gasteiger partial charge in [-0.15, -0.1) is 0 Å². The largest absolute Gasteiger partial charge is 0.0885 e. The highest BCUT2D eigenvalue weighted by molar-refractivity contribution is 5.28. The summed E-state index contributed by atoms with van der Waals surface area (Å²) >= 11 is 0. The molecule has 0 amide bonds. The van der Waals surface area contributed by atoms with Gasteiger partial charge in [-0.3, -0.25) is 0 Å². The molecule has 0 spiro atoms. The standard InChI is InChI=1S/C14H20/c1-3-5-6-10-14-12-8-7-11-13(14)9-4-2/h5-8,11-12H,3-4,9-10H2,1-2H3/b6-5+. The van der Waals surface area contributed by atoms with Crippen molar-refractivity contribution in [1.29, 1.82) is 0 Å². The predicted molar refractivity (Wildman–Crippen MR) is 63.6 cm³/mol. The maximum Gasteiger partial charge on any atom is -0.00947 e. The van der Waals surface area contributed by atoms with Gasteiger partial charge in [0.15, 0.2) is 0 Å². The van der Waals surface area contributed by atoms with Gasteiger partial charge < -0.3 is 0 Å². The van der Waals surface area contributed by atoms with E-state index in [0.717, 1.165) is 12.8 Å². The average molecular weight is 188 g/mol. The van der Waals surface area contributed by atoms with E-state index in [1.54, 1.807) is 0 Å². The first-order chi connectivity index (χ1) is 6.88. The summed E-state index contributed by atoms with van der Waals surface area (Å²) in [5.41, 5.74) is 3.00. The Bertz CT molecular complexity index is 284. The molecule has 0 fully saturated rings. The third kappa shape index (κ3) is 3.37. The molecule has 0 aliphatic rings. The summed E-state index contributed by atoms with van der Waals surface area (Å²) in [7, 11) is 0. The van der Waals surface area contributed by atoms with E-state index in [1.807, 2.05) is 0 Å². The minimum Gasteiger partial charge on any atom is -0.0885 e. The summed E-state index contributed by atoms with van der Waals surface area (Å²) in [6.45, 7) is 4.41. The van der Waals surface area contributed by atoms with Crippen LogP contribution in [0.2, 0.25) is 0 Å². The molecule has 0 aromatic heterocycles. The molecule has 76 valence electrons. The SMILES string of the molecule is CC/C=C/Cc1ccccc1CCC. The van der Waals surface area contributed by atoms with Crippen LogP contribution in [-0.2, 0) is 12.8 Å². The predicted octanol–water partition coefficient (Wildman–Crippen LogP) is 4.15. The summed E-state index contributed by atoms with van der Waals surface area (Å²) in [5.74, 6) is 0. The zero-order valence-electron chi connectivity index (χ0n) is 9.29. The number of benzene rings is 1. The van der Waals surface area contributed by atoms with Gasteiger partial charge in [-0.1, -0.05) is 56.7 Å². The van der Waals surface area contributed by atoms with Crippen molar-refractivity contribution in [2.45, 2.75) is 39.5 Å². The quantitative estimate of drug-likeness (QED) is 0.609. The van der Waals surface area contributed by atoms with Crippen molar-refractivity contribution < 1.29 is 0 Å². The Morgan fingerprint density at radius 3 is 2.36 bits per heavy atom. The van der Waals surface area contributed by atoms with Crippen LogP contribution in [0.1, 0.15) is 37.8 Å². The highest BCUT2D eigenvalue weighted by Crippen LogP contribution is 2.12. The molecule has 0 heteroatoms. The molecule has 0 radical (unpaired) electrons. The Morgan fingerprint density at radius 1 is 1.00 bits per heavy atom. The lowest BCUT2D eigenvalue weighted by Gasteiger charge is -2.05. The van der Waals surface area contributed by atoms with E-state index in [-0.39, 0.29) is 0 Å². The lowest BCUT2D eigenvalue weighted by molar-refractivity contribution is 0.906. The average Bonchev–Trinajstić information content (AvgIpc) is 2.21. The molecule has 0 unspecified atom stereocenters. The van der Waals surface area contributed by atoms with Crippen molar-refractivity contribution >= 4 is 0 Å². The number of aryl methyl sites for hydroxylation is 1. The van der Waals surface area contributed by atoms with E-state index in [1.165, 1.54) is 24.0 Å². The summed E-state index contributed by atoms with van der Waals surface area (Å²) in [4.78, 5) is 0. The molecule has 0 saturated heterocycles. The first-order valence-corrected chi connectivity index (χ1v) is 5.60. The molecule has 0 heterocycles. The van der Waals surface area contributed by atoms with Crippen LogP contribution in [0.25, 0.3) is 0 Å². The van der Waals surface area contributed by atoms with Crippen LogP contribution in [-0.4, -0.2) is 0 Å². The Kier molecular flexibility index (Phi) is 5.06. The molecular formula is C14H20. The Labute approximate surface area is 87.7 Å². The monoisotopic (exact) mass is 188 g/mol. The van der Waals surface area contributed by atoms with Gasteiger partial charge in [0, 0.05) is 0 Å². The van der Waals surface area contributed by atoms with E-state index in [0.29, 0.717) is 0 Å². The molecule has 1 aromatic rings. The van der Waals surface area contributed by atoms with E-state index in [2.05, 4.69) is 50.3 Å². The summed E-state index contributed by atoms with van der Waals surface area (Å²) in [5, 5.41) is 0. The van der Waals surface area contributed by atoms with Crippen molar-refractivity contribution in [2.75, 3.05) is 0 Å². The highest BCUT2D eigenvalue weighted by Gasteiger charge is 1.97. The first-order valence-electron chi connectivity index (χ1n) is 5.60. The van der Waals surface area contributed by atoms with Crippen molar-refractivity contribution in [3.8, 4) is 0 Å². The first kappa shape index (κ1) is 11.0. The number of rotatable bonds is 5. The Morgan fingerprint density at radius 2 is 1.71 bits per heavy atom. The van der Waals surface area contributed by atoms with Crippen LogP contribution in [0.15, 0.2) is 36.4 Å². The fourth-order valence-corrected chi connectivity index (χ4v) is 1.65. The van der Waals surface area contributed by atoms with Crippen LogP contribution in [0, 0.1) is 0 Å². The Hall–Kier alpha value is -1.04. The van der Waals surface area contributed by atoms with E-state index < -0.39 is 0 Å². The molecule has 1 aromatic carbocycles. The van der Waals surface area contributed by atoms with Gasteiger partial charge in [0.25, 0.3) is 0 Å². The molecule has 0 aliphatic heterocycles. The maximum atomic E-state index is 2.27. The van der Waals surface area contributed by atoms with Gasteiger partial charge in [0.2, 0.25) is 0 Å². The fraction of sp³-hybridized carbons (Fsp3) is 0.429. The van der Waals surface area contributed by atoms with Gasteiger partial charge in [0.1, 0.15) is 0 Å². The molecule has 0 saturated carbocycles. The van der Waals surface area contributed by atoms with Gasteiger partial charge >= 0.3 is 0 Å². The minimum atomic E-state index is 1.09. The maximum absolute atomic E-state index is 2.27. The van der Waals surface area contributed by atoms with Crippen molar-refractivity contribution in [3.63, 3.8) is 0 Å². The third-order valence-corrected chi connectivity index (χ3v) is 2.38.